The minimum absolute atomic E-state index is 0.00160. The number of aromatic nitrogens is 1. The fraction of sp³-hybridized carbons (Fsp3) is 0.308. The Hall–Kier alpha value is -1.15. The molecule has 1 aromatic heterocycles. The first kappa shape index (κ1) is 16.2. The standard InChI is InChI=1S/C13H16ClN3O2S2/c1-8-5-11(14)13(6-12(8)15)21(18,19)16-4-3-10-7-20-9(2)17-10/h5-7,16H,3-4,15H2,1-2H3. The number of benzene rings is 1. The van der Waals surface area contributed by atoms with Gasteiger partial charge in [0.1, 0.15) is 4.90 Å². The number of nitrogens with zero attached hydrogens (tertiary/aromatic N) is 1. The number of nitrogens with one attached hydrogen (secondary N) is 1. The van der Waals surface area contributed by atoms with Crippen molar-refractivity contribution in [3.05, 3.63) is 38.8 Å². The van der Waals surface area contributed by atoms with E-state index in [1.54, 1.807) is 13.0 Å². The van der Waals surface area contributed by atoms with Crippen molar-refractivity contribution in [3.8, 4) is 0 Å². The van der Waals surface area contributed by atoms with Gasteiger partial charge in [-0.3, -0.25) is 0 Å². The van der Waals surface area contributed by atoms with Gasteiger partial charge in [0.05, 0.1) is 15.7 Å². The Balaban J connectivity index is 2.10. The Labute approximate surface area is 133 Å². The third-order valence-corrected chi connectivity index (χ3v) is 5.70. The normalized spacial score (nSPS) is 11.8. The molecule has 8 heteroatoms. The molecule has 21 heavy (non-hydrogen) atoms. The van der Waals surface area contributed by atoms with E-state index in [1.165, 1.54) is 17.4 Å². The molecule has 0 fully saturated rings. The summed E-state index contributed by atoms with van der Waals surface area (Å²) in [6, 6.07) is 2.93. The largest absolute Gasteiger partial charge is 0.398 e. The molecule has 0 radical (unpaired) electrons. The first-order chi connectivity index (χ1) is 9.79. The maximum Gasteiger partial charge on any atom is 0.242 e. The summed E-state index contributed by atoms with van der Waals surface area (Å²) < 4.78 is 27.0. The smallest absolute Gasteiger partial charge is 0.242 e. The Morgan fingerprint density at radius 2 is 2.10 bits per heavy atom. The van der Waals surface area contributed by atoms with Crippen molar-refractivity contribution >= 4 is 38.6 Å². The summed E-state index contributed by atoms with van der Waals surface area (Å²) in [5.74, 6) is 0. The Kier molecular flexibility index (Phi) is 4.88. The average Bonchev–Trinajstić information content (AvgIpc) is 2.79. The highest BCUT2D eigenvalue weighted by molar-refractivity contribution is 7.89. The summed E-state index contributed by atoms with van der Waals surface area (Å²) in [6.45, 7) is 3.94. The van der Waals surface area contributed by atoms with Gasteiger partial charge < -0.3 is 5.73 Å². The topological polar surface area (TPSA) is 85.1 Å². The highest BCUT2D eigenvalue weighted by Crippen LogP contribution is 2.26. The summed E-state index contributed by atoms with van der Waals surface area (Å²) in [4.78, 5) is 4.29. The molecule has 0 aliphatic heterocycles. The van der Waals surface area contributed by atoms with Gasteiger partial charge in [-0.15, -0.1) is 11.3 Å². The summed E-state index contributed by atoms with van der Waals surface area (Å²) in [6.07, 6.45) is 0.530. The first-order valence-corrected chi connectivity index (χ1v) is 9.00. The number of thiazole rings is 1. The molecule has 5 nitrogen and oxygen atoms in total. The predicted octanol–water partition coefficient (Wildman–Crippen LogP) is 2.52. The van der Waals surface area contributed by atoms with Crippen molar-refractivity contribution in [1.82, 2.24) is 9.71 Å². The molecule has 0 atom stereocenters. The second kappa shape index (κ2) is 6.31. The molecule has 1 aromatic carbocycles. The van der Waals surface area contributed by atoms with E-state index in [-0.39, 0.29) is 16.5 Å². The van der Waals surface area contributed by atoms with E-state index in [9.17, 15) is 8.42 Å². The van der Waals surface area contributed by atoms with Gasteiger partial charge in [-0.2, -0.15) is 0 Å². The molecular formula is C13H16ClN3O2S2. The van der Waals surface area contributed by atoms with E-state index >= 15 is 0 Å². The molecular weight excluding hydrogens is 330 g/mol. The fourth-order valence-corrected chi connectivity index (χ4v) is 4.08. The van der Waals surface area contributed by atoms with Gasteiger partial charge in [-0.05, 0) is 31.5 Å². The van der Waals surface area contributed by atoms with E-state index in [1.807, 2.05) is 12.3 Å². The quantitative estimate of drug-likeness (QED) is 0.815. The van der Waals surface area contributed by atoms with Gasteiger partial charge in [0, 0.05) is 24.0 Å². The number of halogens is 1. The number of hydrogen-bond acceptors (Lipinski definition) is 5. The monoisotopic (exact) mass is 345 g/mol. The van der Waals surface area contributed by atoms with Crippen molar-refractivity contribution < 1.29 is 8.42 Å². The van der Waals surface area contributed by atoms with E-state index in [4.69, 9.17) is 17.3 Å². The molecule has 0 bridgehead atoms. The molecule has 2 rings (SSSR count). The third kappa shape index (κ3) is 3.94. The summed E-state index contributed by atoms with van der Waals surface area (Å²) in [5, 5.41) is 3.04. The Morgan fingerprint density at radius 3 is 2.71 bits per heavy atom. The molecule has 1 heterocycles. The molecule has 0 amide bonds. The van der Waals surface area contributed by atoms with Gasteiger partial charge in [-0.1, -0.05) is 11.6 Å². The van der Waals surface area contributed by atoms with Gasteiger partial charge in [0.15, 0.2) is 0 Å². The highest BCUT2D eigenvalue weighted by Gasteiger charge is 2.18. The minimum Gasteiger partial charge on any atom is -0.398 e. The number of nitrogen functional groups attached to an aromatic ring is 1. The molecule has 0 saturated heterocycles. The SMILES string of the molecule is Cc1nc(CCNS(=O)(=O)c2cc(N)c(C)cc2Cl)cs1. The second-order valence-corrected chi connectivity index (χ2v) is 7.85. The van der Waals surface area contributed by atoms with Gasteiger partial charge >= 0.3 is 0 Å². The van der Waals surface area contributed by atoms with Crippen molar-refractivity contribution in [3.63, 3.8) is 0 Å². The molecule has 0 saturated carbocycles. The number of anilines is 1. The van der Waals surface area contributed by atoms with Crippen molar-refractivity contribution in [2.75, 3.05) is 12.3 Å². The van der Waals surface area contributed by atoms with Crippen LogP contribution in [0.15, 0.2) is 22.4 Å². The summed E-state index contributed by atoms with van der Waals surface area (Å²) in [5.41, 5.74) is 7.76. The van der Waals surface area contributed by atoms with Crippen LogP contribution < -0.4 is 10.5 Å². The number of nitrogens with two attached hydrogens (primary N) is 1. The van der Waals surface area contributed by atoms with Gasteiger partial charge in [0.25, 0.3) is 0 Å². The predicted molar refractivity (Wildman–Crippen MR) is 86.3 cm³/mol. The van der Waals surface area contributed by atoms with Crippen LogP contribution in [0.2, 0.25) is 5.02 Å². The lowest BCUT2D eigenvalue weighted by molar-refractivity contribution is 0.581. The third-order valence-electron chi connectivity index (χ3n) is 2.95. The van der Waals surface area contributed by atoms with Crippen LogP contribution in [0.5, 0.6) is 0 Å². The van der Waals surface area contributed by atoms with Crippen molar-refractivity contribution in [1.29, 1.82) is 0 Å². The lowest BCUT2D eigenvalue weighted by atomic mass is 10.2. The number of sulfonamides is 1. The van der Waals surface area contributed by atoms with Crippen LogP contribution in [0.1, 0.15) is 16.3 Å². The second-order valence-electron chi connectivity index (χ2n) is 4.64. The average molecular weight is 346 g/mol. The van der Waals surface area contributed by atoms with Crippen LogP contribution in [0.4, 0.5) is 5.69 Å². The zero-order valence-electron chi connectivity index (χ0n) is 11.7. The number of rotatable bonds is 5. The number of hydrogen-bond donors (Lipinski definition) is 2. The van der Waals surface area contributed by atoms with Crippen LogP contribution in [0, 0.1) is 13.8 Å². The zero-order valence-corrected chi connectivity index (χ0v) is 14.1. The van der Waals surface area contributed by atoms with E-state index in [2.05, 4.69) is 9.71 Å². The maximum absolute atomic E-state index is 12.2. The van der Waals surface area contributed by atoms with E-state index < -0.39 is 10.0 Å². The molecule has 0 spiro atoms. The lowest BCUT2D eigenvalue weighted by Gasteiger charge is -2.10. The van der Waals surface area contributed by atoms with Crippen molar-refractivity contribution in [2.24, 2.45) is 0 Å². The van der Waals surface area contributed by atoms with Crippen LogP contribution >= 0.6 is 22.9 Å². The molecule has 3 N–H and O–H groups in total. The molecule has 2 aromatic rings. The van der Waals surface area contributed by atoms with Crippen molar-refractivity contribution in [2.45, 2.75) is 25.2 Å². The van der Waals surface area contributed by atoms with Crippen LogP contribution in [0.25, 0.3) is 0 Å². The molecule has 114 valence electrons. The van der Waals surface area contributed by atoms with Gasteiger partial charge in [-0.25, -0.2) is 18.1 Å². The van der Waals surface area contributed by atoms with Crippen LogP contribution in [-0.2, 0) is 16.4 Å². The highest BCUT2D eigenvalue weighted by atomic mass is 35.5. The van der Waals surface area contributed by atoms with Gasteiger partial charge in [0.2, 0.25) is 10.0 Å². The first-order valence-electron chi connectivity index (χ1n) is 6.26. The molecule has 0 aliphatic rings. The van der Waals surface area contributed by atoms with E-state index in [0.717, 1.165) is 16.3 Å². The molecule has 0 unspecified atom stereocenters. The molecule has 0 aliphatic carbocycles. The fourth-order valence-electron chi connectivity index (χ4n) is 1.79. The number of aryl methyl sites for hydroxylation is 2. The Bertz CT molecular complexity index is 757. The minimum atomic E-state index is -3.68. The summed E-state index contributed by atoms with van der Waals surface area (Å²) in [7, 11) is -3.68. The van der Waals surface area contributed by atoms with Crippen LogP contribution in [0.3, 0.4) is 0 Å². The van der Waals surface area contributed by atoms with E-state index in [0.29, 0.717) is 12.1 Å². The summed E-state index contributed by atoms with van der Waals surface area (Å²) >= 11 is 7.54. The Morgan fingerprint density at radius 1 is 1.38 bits per heavy atom. The maximum atomic E-state index is 12.2. The van der Waals surface area contributed by atoms with Crippen LogP contribution in [-0.4, -0.2) is 19.9 Å². The zero-order chi connectivity index (χ0) is 15.6. The lowest BCUT2D eigenvalue weighted by Crippen LogP contribution is -2.26.